The van der Waals surface area contributed by atoms with Gasteiger partial charge >= 0.3 is 12.2 Å². The second kappa shape index (κ2) is 10.7. The lowest BCUT2D eigenvalue weighted by atomic mass is 10.1. The van der Waals surface area contributed by atoms with Crippen LogP contribution in [0.1, 0.15) is 48.0 Å². The minimum Gasteiger partial charge on any atom is -0.444 e. The number of nitrogens with zero attached hydrogens (tertiary/aromatic N) is 3. The van der Waals surface area contributed by atoms with Gasteiger partial charge in [0.25, 0.3) is 0 Å². The highest BCUT2D eigenvalue weighted by molar-refractivity contribution is 5.99. The highest BCUT2D eigenvalue weighted by atomic mass is 16.6. The standard InChI is InChI=1S/C26H35N5O6/c1-25(2,3)36-23(34)30-15-18(31(21(32)13-27)24(35)37-26(4,5)6)12-20(30)22(33)29-17-11-16-9-7-8-10-19(16)28-14-17/h7-11,14,18,20H,12-13,15,27H2,1-6H3,(H,29,33)/t18-,20+/m1/s1. The molecular weight excluding hydrogens is 478 g/mol. The largest absolute Gasteiger partial charge is 0.444 e. The van der Waals surface area contributed by atoms with Crippen LogP contribution < -0.4 is 11.1 Å². The quantitative estimate of drug-likeness (QED) is 0.634. The summed E-state index contributed by atoms with van der Waals surface area (Å²) < 4.78 is 10.9. The van der Waals surface area contributed by atoms with Crippen molar-refractivity contribution in [3.05, 3.63) is 36.5 Å². The van der Waals surface area contributed by atoms with Gasteiger partial charge in [0.2, 0.25) is 11.8 Å². The summed E-state index contributed by atoms with van der Waals surface area (Å²) in [5.41, 5.74) is 5.09. The van der Waals surface area contributed by atoms with Crippen molar-refractivity contribution < 1.29 is 28.7 Å². The Bertz CT molecular complexity index is 1190. The Labute approximate surface area is 216 Å². The number of carbonyl (C=O) groups excluding carboxylic acids is 4. The average Bonchev–Trinajstić information content (AvgIpc) is 3.22. The van der Waals surface area contributed by atoms with E-state index in [1.165, 1.54) is 11.1 Å². The van der Waals surface area contributed by atoms with Crippen LogP contribution in [0.15, 0.2) is 36.5 Å². The Morgan fingerprint density at radius 2 is 1.73 bits per heavy atom. The Morgan fingerprint density at radius 3 is 2.35 bits per heavy atom. The smallest absolute Gasteiger partial charge is 0.417 e. The molecule has 3 N–H and O–H groups in total. The van der Waals surface area contributed by atoms with Gasteiger partial charge in [0.1, 0.15) is 17.2 Å². The number of fused-ring (bicyclic) bond motifs is 1. The van der Waals surface area contributed by atoms with Gasteiger partial charge in [0.15, 0.2) is 0 Å². The summed E-state index contributed by atoms with van der Waals surface area (Å²) in [6.07, 6.45) is -0.125. The van der Waals surface area contributed by atoms with Crippen LogP contribution in [0.4, 0.5) is 15.3 Å². The first-order valence-electron chi connectivity index (χ1n) is 12.1. The fraction of sp³-hybridized carbons (Fsp3) is 0.500. The van der Waals surface area contributed by atoms with E-state index in [1.54, 1.807) is 47.6 Å². The molecule has 0 unspecified atom stereocenters. The summed E-state index contributed by atoms with van der Waals surface area (Å²) >= 11 is 0. The van der Waals surface area contributed by atoms with Crippen LogP contribution in [-0.2, 0) is 19.1 Å². The number of para-hydroxylation sites is 1. The van der Waals surface area contributed by atoms with E-state index in [9.17, 15) is 19.2 Å². The second-order valence-corrected chi connectivity index (χ2v) is 10.9. The molecule has 0 spiro atoms. The molecule has 0 saturated carbocycles. The van der Waals surface area contributed by atoms with Crippen molar-refractivity contribution in [1.82, 2.24) is 14.8 Å². The number of ether oxygens (including phenoxy) is 2. The Hall–Kier alpha value is -3.73. The zero-order chi connectivity index (χ0) is 27.5. The number of anilines is 1. The number of hydrogen-bond acceptors (Lipinski definition) is 8. The molecule has 2 heterocycles. The van der Waals surface area contributed by atoms with Gasteiger partial charge in [0.05, 0.1) is 30.0 Å². The summed E-state index contributed by atoms with van der Waals surface area (Å²) in [4.78, 5) is 58.6. The lowest BCUT2D eigenvalue weighted by molar-refractivity contribution is -0.131. The Morgan fingerprint density at radius 1 is 1.08 bits per heavy atom. The van der Waals surface area contributed by atoms with E-state index < -0.39 is 53.8 Å². The molecule has 1 fully saturated rings. The van der Waals surface area contributed by atoms with Crippen LogP contribution in [0.3, 0.4) is 0 Å². The zero-order valence-corrected chi connectivity index (χ0v) is 22.1. The normalized spacial score (nSPS) is 17.9. The van der Waals surface area contributed by atoms with Gasteiger partial charge in [0, 0.05) is 11.9 Å². The predicted octanol–water partition coefficient (Wildman–Crippen LogP) is 3.27. The van der Waals surface area contributed by atoms with Gasteiger partial charge in [-0.15, -0.1) is 0 Å². The second-order valence-electron chi connectivity index (χ2n) is 10.9. The molecule has 1 aromatic carbocycles. The Kier molecular flexibility index (Phi) is 8.06. The van der Waals surface area contributed by atoms with Crippen LogP contribution in [0, 0.1) is 0 Å². The highest BCUT2D eigenvalue weighted by Crippen LogP contribution is 2.28. The molecule has 0 aliphatic carbocycles. The lowest BCUT2D eigenvalue weighted by Gasteiger charge is -2.30. The first-order chi connectivity index (χ1) is 17.2. The fourth-order valence-corrected chi connectivity index (χ4v) is 4.00. The highest BCUT2D eigenvalue weighted by Gasteiger charge is 2.47. The molecule has 0 radical (unpaired) electrons. The number of amides is 4. The van der Waals surface area contributed by atoms with Crippen LogP contribution >= 0.6 is 0 Å². The van der Waals surface area contributed by atoms with Crippen LogP contribution in [0.25, 0.3) is 10.9 Å². The summed E-state index contributed by atoms with van der Waals surface area (Å²) in [5.74, 6) is -1.18. The number of likely N-dealkylation sites (tertiary alicyclic amines) is 1. The van der Waals surface area contributed by atoms with Crippen molar-refractivity contribution in [2.24, 2.45) is 5.73 Å². The number of nitrogens with one attached hydrogen (secondary N) is 1. The maximum Gasteiger partial charge on any atom is 0.417 e. The molecule has 1 aromatic heterocycles. The maximum atomic E-state index is 13.4. The third-order valence-electron chi connectivity index (χ3n) is 5.47. The molecule has 4 amide bonds. The summed E-state index contributed by atoms with van der Waals surface area (Å²) in [6.45, 7) is 9.58. The minimum absolute atomic E-state index is 0.0168. The van der Waals surface area contributed by atoms with Gasteiger partial charge in [-0.3, -0.25) is 19.5 Å². The monoisotopic (exact) mass is 513 g/mol. The maximum absolute atomic E-state index is 13.4. The Balaban J connectivity index is 1.90. The van der Waals surface area contributed by atoms with E-state index in [2.05, 4.69) is 10.3 Å². The molecule has 0 bridgehead atoms. The van der Waals surface area contributed by atoms with Crippen molar-refractivity contribution >= 4 is 40.6 Å². The third-order valence-corrected chi connectivity index (χ3v) is 5.47. The van der Waals surface area contributed by atoms with Crippen molar-refractivity contribution in [3.63, 3.8) is 0 Å². The topological polar surface area (TPSA) is 144 Å². The number of nitrogens with two attached hydrogens (primary N) is 1. The van der Waals surface area contributed by atoms with E-state index in [-0.39, 0.29) is 13.0 Å². The first kappa shape index (κ1) is 27.9. The van der Waals surface area contributed by atoms with E-state index in [1.807, 2.05) is 24.3 Å². The average molecular weight is 514 g/mol. The molecule has 2 atom stereocenters. The molecule has 1 saturated heterocycles. The van der Waals surface area contributed by atoms with E-state index in [0.717, 1.165) is 15.8 Å². The number of imide groups is 1. The fourth-order valence-electron chi connectivity index (χ4n) is 4.00. The predicted molar refractivity (Wildman–Crippen MR) is 138 cm³/mol. The van der Waals surface area contributed by atoms with Crippen LogP contribution in [-0.4, -0.2) is 75.2 Å². The minimum atomic E-state index is -1.03. The summed E-state index contributed by atoms with van der Waals surface area (Å²) in [7, 11) is 0. The number of aromatic nitrogens is 1. The molecule has 37 heavy (non-hydrogen) atoms. The molecule has 200 valence electrons. The van der Waals surface area contributed by atoms with E-state index in [4.69, 9.17) is 15.2 Å². The summed E-state index contributed by atoms with van der Waals surface area (Å²) in [6, 6.07) is 7.35. The van der Waals surface area contributed by atoms with Crippen molar-refractivity contribution in [3.8, 4) is 0 Å². The number of benzene rings is 1. The SMILES string of the molecule is CC(C)(C)OC(=O)N1C[C@H](N(C(=O)CN)C(=O)OC(C)(C)C)C[C@H]1C(=O)Nc1cnc2ccccc2c1. The number of carbonyl (C=O) groups is 4. The number of pyridine rings is 1. The molecule has 2 aromatic rings. The van der Waals surface area contributed by atoms with Gasteiger partial charge in [-0.1, -0.05) is 18.2 Å². The van der Waals surface area contributed by atoms with E-state index in [0.29, 0.717) is 5.69 Å². The molecule has 11 nitrogen and oxygen atoms in total. The molecular formula is C26H35N5O6. The lowest BCUT2D eigenvalue weighted by Crippen LogP contribution is -2.50. The van der Waals surface area contributed by atoms with E-state index >= 15 is 0 Å². The van der Waals surface area contributed by atoms with Crippen molar-refractivity contribution in [1.29, 1.82) is 0 Å². The first-order valence-corrected chi connectivity index (χ1v) is 12.1. The van der Waals surface area contributed by atoms with Gasteiger partial charge < -0.3 is 20.5 Å². The molecule has 3 rings (SSSR count). The van der Waals surface area contributed by atoms with Gasteiger partial charge in [-0.2, -0.15) is 0 Å². The van der Waals surface area contributed by atoms with Crippen molar-refractivity contribution in [2.45, 2.75) is 71.2 Å². The van der Waals surface area contributed by atoms with Crippen LogP contribution in [0.2, 0.25) is 0 Å². The molecule has 11 heteroatoms. The number of rotatable bonds is 4. The number of hydrogen-bond donors (Lipinski definition) is 2. The molecule has 1 aliphatic heterocycles. The van der Waals surface area contributed by atoms with Crippen molar-refractivity contribution in [2.75, 3.05) is 18.4 Å². The molecule has 1 aliphatic rings. The van der Waals surface area contributed by atoms with Gasteiger partial charge in [-0.25, -0.2) is 14.5 Å². The third kappa shape index (κ3) is 7.16. The van der Waals surface area contributed by atoms with Crippen LogP contribution in [0.5, 0.6) is 0 Å². The summed E-state index contributed by atoms with van der Waals surface area (Å²) in [5, 5.41) is 3.63. The zero-order valence-electron chi connectivity index (χ0n) is 22.1. The van der Waals surface area contributed by atoms with Gasteiger partial charge in [-0.05, 0) is 60.1 Å².